The SMILES string of the molecule is CS(=O)(=O)N1CCN(Cc2cccc(C(=O)NCc3ccc(Cl)cc3Cl)c2)CC1. The molecule has 156 valence electrons. The molecule has 1 aliphatic heterocycles. The van der Waals surface area contributed by atoms with Crippen molar-refractivity contribution in [2.24, 2.45) is 0 Å². The Balaban J connectivity index is 1.57. The van der Waals surface area contributed by atoms with Crippen LogP contribution in [0.2, 0.25) is 10.0 Å². The Bertz CT molecular complexity index is 990. The van der Waals surface area contributed by atoms with Crippen molar-refractivity contribution in [3.05, 3.63) is 69.2 Å². The molecule has 29 heavy (non-hydrogen) atoms. The molecule has 0 bridgehead atoms. The first-order valence-electron chi connectivity index (χ1n) is 9.21. The van der Waals surface area contributed by atoms with Crippen molar-refractivity contribution in [2.75, 3.05) is 32.4 Å². The molecule has 0 unspecified atom stereocenters. The summed E-state index contributed by atoms with van der Waals surface area (Å²) in [5.74, 6) is -0.181. The van der Waals surface area contributed by atoms with E-state index in [0.29, 0.717) is 54.9 Å². The monoisotopic (exact) mass is 455 g/mol. The third kappa shape index (κ3) is 6.17. The minimum absolute atomic E-state index is 0.181. The number of carbonyl (C=O) groups excluding carboxylic acids is 1. The van der Waals surface area contributed by atoms with Gasteiger partial charge in [0, 0.05) is 54.9 Å². The fourth-order valence-electron chi connectivity index (χ4n) is 3.23. The number of carbonyl (C=O) groups is 1. The molecule has 0 saturated carbocycles. The van der Waals surface area contributed by atoms with Crippen LogP contribution in [0.3, 0.4) is 0 Å². The normalized spacial score (nSPS) is 16.0. The van der Waals surface area contributed by atoms with Gasteiger partial charge in [-0.05, 0) is 35.4 Å². The molecule has 0 aliphatic carbocycles. The number of rotatable bonds is 6. The van der Waals surface area contributed by atoms with E-state index in [0.717, 1.165) is 11.1 Å². The smallest absolute Gasteiger partial charge is 0.251 e. The average molecular weight is 456 g/mol. The van der Waals surface area contributed by atoms with E-state index in [-0.39, 0.29) is 5.91 Å². The summed E-state index contributed by atoms with van der Waals surface area (Å²) in [6, 6.07) is 12.6. The van der Waals surface area contributed by atoms with Crippen molar-refractivity contribution < 1.29 is 13.2 Å². The molecule has 1 heterocycles. The zero-order chi connectivity index (χ0) is 21.0. The van der Waals surface area contributed by atoms with E-state index in [1.807, 2.05) is 18.2 Å². The Labute approximate surface area is 181 Å². The molecule has 2 aromatic carbocycles. The molecule has 0 aromatic heterocycles. The van der Waals surface area contributed by atoms with E-state index in [1.54, 1.807) is 24.3 Å². The first kappa shape index (κ1) is 22.1. The molecule has 1 aliphatic rings. The third-order valence-electron chi connectivity index (χ3n) is 4.85. The topological polar surface area (TPSA) is 69.7 Å². The molecule has 0 spiro atoms. The van der Waals surface area contributed by atoms with Gasteiger partial charge in [0.15, 0.2) is 0 Å². The van der Waals surface area contributed by atoms with Gasteiger partial charge in [-0.15, -0.1) is 0 Å². The van der Waals surface area contributed by atoms with Gasteiger partial charge in [0.1, 0.15) is 0 Å². The number of halogens is 2. The van der Waals surface area contributed by atoms with Crippen LogP contribution in [0.15, 0.2) is 42.5 Å². The highest BCUT2D eigenvalue weighted by Crippen LogP contribution is 2.21. The van der Waals surface area contributed by atoms with Gasteiger partial charge in [-0.3, -0.25) is 9.69 Å². The highest BCUT2D eigenvalue weighted by molar-refractivity contribution is 7.88. The van der Waals surface area contributed by atoms with Crippen LogP contribution < -0.4 is 5.32 Å². The number of benzene rings is 2. The number of sulfonamides is 1. The quantitative estimate of drug-likeness (QED) is 0.726. The van der Waals surface area contributed by atoms with E-state index >= 15 is 0 Å². The van der Waals surface area contributed by atoms with Crippen LogP contribution in [0.25, 0.3) is 0 Å². The number of piperazine rings is 1. The molecule has 6 nitrogen and oxygen atoms in total. The number of nitrogens with zero attached hydrogens (tertiary/aromatic N) is 2. The zero-order valence-electron chi connectivity index (χ0n) is 16.1. The molecule has 3 rings (SSSR count). The minimum Gasteiger partial charge on any atom is -0.348 e. The van der Waals surface area contributed by atoms with Crippen LogP contribution in [0.4, 0.5) is 0 Å². The molecule has 1 fully saturated rings. The number of hydrogen-bond acceptors (Lipinski definition) is 4. The van der Waals surface area contributed by atoms with Crippen LogP contribution in [-0.4, -0.2) is 56.0 Å². The Morgan fingerprint density at radius 3 is 2.45 bits per heavy atom. The van der Waals surface area contributed by atoms with Crippen molar-refractivity contribution in [1.82, 2.24) is 14.5 Å². The van der Waals surface area contributed by atoms with Gasteiger partial charge in [-0.1, -0.05) is 41.4 Å². The second-order valence-corrected chi connectivity index (χ2v) is 9.88. The van der Waals surface area contributed by atoms with Crippen molar-refractivity contribution in [2.45, 2.75) is 13.1 Å². The summed E-state index contributed by atoms with van der Waals surface area (Å²) >= 11 is 12.0. The molecule has 9 heteroatoms. The Kier molecular flexibility index (Phi) is 7.19. The largest absolute Gasteiger partial charge is 0.348 e. The zero-order valence-corrected chi connectivity index (χ0v) is 18.4. The fourth-order valence-corrected chi connectivity index (χ4v) is 4.53. The summed E-state index contributed by atoms with van der Waals surface area (Å²) < 4.78 is 24.7. The summed E-state index contributed by atoms with van der Waals surface area (Å²) in [7, 11) is -3.14. The molecular formula is C20H23Cl2N3O3S. The van der Waals surface area contributed by atoms with Gasteiger partial charge in [-0.25, -0.2) is 8.42 Å². The Hall–Kier alpha value is -1.64. The molecule has 1 amide bonds. The lowest BCUT2D eigenvalue weighted by Gasteiger charge is -2.33. The van der Waals surface area contributed by atoms with Crippen molar-refractivity contribution >= 4 is 39.1 Å². The lowest BCUT2D eigenvalue weighted by molar-refractivity contribution is 0.0950. The van der Waals surface area contributed by atoms with E-state index < -0.39 is 10.0 Å². The summed E-state index contributed by atoms with van der Waals surface area (Å²) in [4.78, 5) is 14.7. The summed E-state index contributed by atoms with van der Waals surface area (Å²) in [6.07, 6.45) is 1.24. The van der Waals surface area contributed by atoms with Crippen LogP contribution in [0.1, 0.15) is 21.5 Å². The van der Waals surface area contributed by atoms with E-state index in [9.17, 15) is 13.2 Å². The van der Waals surface area contributed by atoms with Crippen molar-refractivity contribution in [3.8, 4) is 0 Å². The lowest BCUT2D eigenvalue weighted by Crippen LogP contribution is -2.47. The van der Waals surface area contributed by atoms with Gasteiger partial charge >= 0.3 is 0 Å². The van der Waals surface area contributed by atoms with Crippen molar-refractivity contribution in [1.29, 1.82) is 0 Å². The second-order valence-electron chi connectivity index (χ2n) is 7.06. The first-order valence-corrected chi connectivity index (χ1v) is 11.8. The summed E-state index contributed by atoms with van der Waals surface area (Å²) in [6.45, 7) is 3.28. The standard InChI is InChI=1S/C20H23Cl2N3O3S/c1-29(27,28)25-9-7-24(8-10-25)14-15-3-2-4-16(11-15)20(26)23-13-17-5-6-18(21)12-19(17)22/h2-6,11-12H,7-10,13-14H2,1H3,(H,23,26). The second kappa shape index (κ2) is 9.45. The first-order chi connectivity index (χ1) is 13.7. The van der Waals surface area contributed by atoms with Gasteiger partial charge < -0.3 is 5.32 Å². The number of nitrogens with one attached hydrogen (secondary N) is 1. The maximum atomic E-state index is 12.5. The maximum Gasteiger partial charge on any atom is 0.251 e. The average Bonchev–Trinajstić information content (AvgIpc) is 2.67. The number of hydrogen-bond donors (Lipinski definition) is 1. The van der Waals surface area contributed by atoms with Crippen LogP contribution >= 0.6 is 23.2 Å². The highest BCUT2D eigenvalue weighted by Gasteiger charge is 2.23. The molecule has 2 aromatic rings. The van der Waals surface area contributed by atoms with Crippen LogP contribution in [0, 0.1) is 0 Å². The Morgan fingerprint density at radius 1 is 1.07 bits per heavy atom. The summed E-state index contributed by atoms with van der Waals surface area (Å²) in [5.41, 5.74) is 2.38. The molecular weight excluding hydrogens is 433 g/mol. The molecule has 0 radical (unpaired) electrons. The van der Waals surface area contributed by atoms with E-state index in [1.165, 1.54) is 10.6 Å². The van der Waals surface area contributed by atoms with E-state index in [2.05, 4.69) is 10.2 Å². The molecule has 0 atom stereocenters. The van der Waals surface area contributed by atoms with E-state index in [4.69, 9.17) is 23.2 Å². The van der Waals surface area contributed by atoms with Crippen LogP contribution in [-0.2, 0) is 23.1 Å². The maximum absolute atomic E-state index is 12.5. The predicted octanol–water partition coefficient (Wildman–Crippen LogP) is 3.00. The predicted molar refractivity (Wildman–Crippen MR) is 116 cm³/mol. The fraction of sp³-hybridized carbons (Fsp3) is 0.350. The Morgan fingerprint density at radius 2 is 1.79 bits per heavy atom. The van der Waals surface area contributed by atoms with Gasteiger partial charge in [0.25, 0.3) is 5.91 Å². The lowest BCUT2D eigenvalue weighted by atomic mass is 10.1. The molecule has 1 saturated heterocycles. The summed E-state index contributed by atoms with van der Waals surface area (Å²) in [5, 5.41) is 3.94. The van der Waals surface area contributed by atoms with Gasteiger partial charge in [0.05, 0.1) is 6.26 Å². The van der Waals surface area contributed by atoms with Gasteiger partial charge in [0.2, 0.25) is 10.0 Å². The molecule has 1 N–H and O–H groups in total. The highest BCUT2D eigenvalue weighted by atomic mass is 35.5. The number of amides is 1. The van der Waals surface area contributed by atoms with Crippen molar-refractivity contribution in [3.63, 3.8) is 0 Å². The minimum atomic E-state index is -3.14. The third-order valence-corrected chi connectivity index (χ3v) is 6.74. The van der Waals surface area contributed by atoms with Gasteiger partial charge in [-0.2, -0.15) is 4.31 Å². The van der Waals surface area contributed by atoms with Crippen LogP contribution in [0.5, 0.6) is 0 Å².